The van der Waals surface area contributed by atoms with Gasteiger partial charge in [-0.2, -0.15) is 4.72 Å². The van der Waals surface area contributed by atoms with E-state index >= 15 is 0 Å². The summed E-state index contributed by atoms with van der Waals surface area (Å²) in [5, 5.41) is 10.4. The molecule has 1 aromatic heterocycles. The Balaban J connectivity index is 1.55. The number of carboxylic acids is 1. The molecule has 0 saturated carbocycles. The highest BCUT2D eigenvalue weighted by molar-refractivity contribution is 7.89. The number of furan rings is 1. The zero-order valence-electron chi connectivity index (χ0n) is 15.9. The van der Waals surface area contributed by atoms with Gasteiger partial charge in [0.2, 0.25) is 10.0 Å². The summed E-state index contributed by atoms with van der Waals surface area (Å²) >= 11 is 0. The Hall–Kier alpha value is -2.64. The van der Waals surface area contributed by atoms with Crippen LogP contribution < -0.4 is 4.72 Å². The number of sulfonamides is 1. The number of benzene rings is 2. The van der Waals surface area contributed by atoms with Gasteiger partial charge in [-0.1, -0.05) is 30.3 Å². The van der Waals surface area contributed by atoms with Crippen LogP contribution in [0.25, 0.3) is 11.0 Å². The molecule has 152 valence electrons. The van der Waals surface area contributed by atoms with Crippen LogP contribution in [0.1, 0.15) is 36.1 Å². The molecular weight excluding hydrogens is 390 g/mol. The minimum atomic E-state index is -3.99. The Labute approximate surface area is 169 Å². The average molecular weight is 413 g/mol. The smallest absolute Gasteiger partial charge is 0.321 e. The Morgan fingerprint density at radius 2 is 1.86 bits per heavy atom. The van der Waals surface area contributed by atoms with Crippen LogP contribution in [0.5, 0.6) is 0 Å². The van der Waals surface area contributed by atoms with Gasteiger partial charge in [-0.3, -0.25) is 4.79 Å². The molecule has 0 unspecified atom stereocenters. The molecule has 1 heterocycles. The predicted molar refractivity (Wildman–Crippen MR) is 109 cm³/mol. The molecule has 1 aliphatic carbocycles. The lowest BCUT2D eigenvalue weighted by atomic mass is 9.96. The van der Waals surface area contributed by atoms with Crippen LogP contribution in [0.2, 0.25) is 0 Å². The zero-order valence-corrected chi connectivity index (χ0v) is 16.7. The summed E-state index contributed by atoms with van der Waals surface area (Å²) in [6.07, 6.45) is 4.60. The van der Waals surface area contributed by atoms with Crippen LogP contribution in [0.3, 0.4) is 0 Å². The number of carbonyl (C=O) groups is 1. The molecule has 0 amide bonds. The minimum absolute atomic E-state index is 0.0158. The van der Waals surface area contributed by atoms with Gasteiger partial charge in [0, 0.05) is 23.4 Å². The third-order valence-electron chi connectivity index (χ3n) is 5.40. The fraction of sp³-hybridized carbons (Fsp3) is 0.318. The molecule has 6 nitrogen and oxygen atoms in total. The highest BCUT2D eigenvalue weighted by Gasteiger charge is 2.26. The maximum atomic E-state index is 12.8. The van der Waals surface area contributed by atoms with E-state index in [1.165, 1.54) is 12.1 Å². The van der Waals surface area contributed by atoms with E-state index in [2.05, 4.69) is 4.72 Å². The van der Waals surface area contributed by atoms with Crippen LogP contribution in [0.15, 0.2) is 57.8 Å². The second-order valence-electron chi connectivity index (χ2n) is 7.41. The minimum Gasteiger partial charge on any atom is -0.480 e. The summed E-state index contributed by atoms with van der Waals surface area (Å²) in [6.45, 7) is 0. The van der Waals surface area contributed by atoms with Gasteiger partial charge in [0.15, 0.2) is 0 Å². The van der Waals surface area contributed by atoms with E-state index in [0.29, 0.717) is 12.0 Å². The number of carboxylic acid groups (broad SMARTS) is 1. The summed E-state index contributed by atoms with van der Waals surface area (Å²) in [4.78, 5) is 11.6. The SMILES string of the molecule is O=C(O)[C@H](CCc1ccccc1)NS(=O)(=O)c1ccc2c3c(oc2c1)CCCC3. The normalized spacial score (nSPS) is 15.2. The van der Waals surface area contributed by atoms with E-state index in [1.807, 2.05) is 30.3 Å². The number of aliphatic carboxylic acids is 1. The third-order valence-corrected chi connectivity index (χ3v) is 6.87. The number of rotatable bonds is 7. The average Bonchev–Trinajstić information content (AvgIpc) is 3.09. The molecule has 2 aromatic carbocycles. The molecule has 0 spiro atoms. The van der Waals surface area contributed by atoms with Gasteiger partial charge in [-0.15, -0.1) is 0 Å². The molecule has 3 aromatic rings. The van der Waals surface area contributed by atoms with Crippen molar-refractivity contribution in [2.24, 2.45) is 0 Å². The van der Waals surface area contributed by atoms with Crippen molar-refractivity contribution in [1.29, 1.82) is 0 Å². The highest BCUT2D eigenvalue weighted by Crippen LogP contribution is 2.33. The maximum Gasteiger partial charge on any atom is 0.321 e. The fourth-order valence-electron chi connectivity index (χ4n) is 3.86. The van der Waals surface area contributed by atoms with E-state index in [1.54, 1.807) is 6.07 Å². The monoisotopic (exact) mass is 413 g/mol. The number of fused-ring (bicyclic) bond motifs is 3. The lowest BCUT2D eigenvalue weighted by Crippen LogP contribution is -2.41. The molecule has 1 aliphatic rings. The van der Waals surface area contributed by atoms with Crippen LogP contribution in [0, 0.1) is 0 Å². The molecule has 0 bridgehead atoms. The Morgan fingerprint density at radius 3 is 2.62 bits per heavy atom. The number of nitrogens with one attached hydrogen (secondary N) is 1. The summed E-state index contributed by atoms with van der Waals surface area (Å²) in [7, 11) is -3.99. The number of aryl methyl sites for hydroxylation is 3. The molecule has 0 fully saturated rings. The Kier molecular flexibility index (Phi) is 5.43. The Bertz CT molecular complexity index is 1130. The lowest BCUT2D eigenvalue weighted by molar-refractivity contribution is -0.139. The molecule has 7 heteroatoms. The molecule has 0 aliphatic heterocycles. The van der Waals surface area contributed by atoms with Gasteiger partial charge >= 0.3 is 5.97 Å². The van der Waals surface area contributed by atoms with Crippen molar-refractivity contribution in [1.82, 2.24) is 4.72 Å². The summed E-state index contributed by atoms with van der Waals surface area (Å²) in [6, 6.07) is 13.0. The van der Waals surface area contributed by atoms with Crippen molar-refractivity contribution in [2.75, 3.05) is 0 Å². The van der Waals surface area contributed by atoms with E-state index in [9.17, 15) is 18.3 Å². The molecule has 2 N–H and O–H groups in total. The van der Waals surface area contributed by atoms with Gasteiger partial charge in [-0.05, 0) is 49.8 Å². The van der Waals surface area contributed by atoms with Crippen molar-refractivity contribution in [2.45, 2.75) is 49.5 Å². The number of hydrogen-bond acceptors (Lipinski definition) is 4. The molecule has 1 atom stereocenters. The van der Waals surface area contributed by atoms with Gasteiger partial charge in [0.25, 0.3) is 0 Å². The first-order valence-corrected chi connectivity index (χ1v) is 11.3. The second-order valence-corrected chi connectivity index (χ2v) is 9.12. The summed E-state index contributed by atoms with van der Waals surface area (Å²) in [5.74, 6) is -0.265. The molecular formula is C22H23NO5S. The first-order valence-electron chi connectivity index (χ1n) is 9.77. The van der Waals surface area contributed by atoms with Crippen LogP contribution in [0.4, 0.5) is 0 Å². The second kappa shape index (κ2) is 8.00. The highest BCUT2D eigenvalue weighted by atomic mass is 32.2. The quantitative estimate of drug-likeness (QED) is 0.616. The largest absolute Gasteiger partial charge is 0.480 e. The number of hydrogen-bond donors (Lipinski definition) is 2. The van der Waals surface area contributed by atoms with E-state index in [-0.39, 0.29) is 11.3 Å². The Morgan fingerprint density at radius 1 is 1.10 bits per heavy atom. The van der Waals surface area contributed by atoms with Crippen LogP contribution in [-0.4, -0.2) is 25.5 Å². The topological polar surface area (TPSA) is 96.6 Å². The van der Waals surface area contributed by atoms with E-state index in [4.69, 9.17) is 4.42 Å². The van der Waals surface area contributed by atoms with E-state index in [0.717, 1.165) is 48.0 Å². The van der Waals surface area contributed by atoms with Crippen molar-refractivity contribution in [3.05, 3.63) is 65.4 Å². The van der Waals surface area contributed by atoms with Crippen molar-refractivity contribution < 1.29 is 22.7 Å². The van der Waals surface area contributed by atoms with Gasteiger partial charge < -0.3 is 9.52 Å². The third kappa shape index (κ3) is 4.21. The fourth-order valence-corrected chi connectivity index (χ4v) is 5.09. The maximum absolute atomic E-state index is 12.8. The first-order chi connectivity index (χ1) is 13.9. The zero-order chi connectivity index (χ0) is 20.4. The standard InChI is InChI=1S/C22H23NO5S/c24-22(25)19(13-10-15-6-2-1-3-7-15)23-29(26,27)16-11-12-18-17-8-4-5-9-20(17)28-21(18)14-16/h1-3,6-7,11-12,14,19,23H,4-5,8-10,13H2,(H,24,25)/t19-/m0/s1. The first kappa shape index (κ1) is 19.7. The van der Waals surface area contributed by atoms with Crippen molar-refractivity contribution in [3.63, 3.8) is 0 Å². The van der Waals surface area contributed by atoms with Crippen molar-refractivity contribution in [3.8, 4) is 0 Å². The predicted octanol–water partition coefficient (Wildman–Crippen LogP) is 3.68. The van der Waals surface area contributed by atoms with E-state index < -0.39 is 22.0 Å². The molecule has 0 radical (unpaired) electrons. The summed E-state index contributed by atoms with van der Waals surface area (Å²) < 4.78 is 33.9. The summed E-state index contributed by atoms with van der Waals surface area (Å²) in [5.41, 5.74) is 2.66. The molecule has 29 heavy (non-hydrogen) atoms. The van der Waals surface area contributed by atoms with Gasteiger partial charge in [-0.25, -0.2) is 8.42 Å². The van der Waals surface area contributed by atoms with Gasteiger partial charge in [0.1, 0.15) is 17.4 Å². The van der Waals surface area contributed by atoms with Crippen LogP contribution in [-0.2, 0) is 34.1 Å². The molecule has 4 rings (SSSR count). The van der Waals surface area contributed by atoms with Crippen molar-refractivity contribution >= 4 is 27.0 Å². The molecule has 0 saturated heterocycles. The van der Waals surface area contributed by atoms with Crippen LogP contribution >= 0.6 is 0 Å². The van der Waals surface area contributed by atoms with Gasteiger partial charge in [0.05, 0.1) is 4.90 Å². The lowest BCUT2D eigenvalue weighted by Gasteiger charge is -2.15.